The molecule has 0 aromatic carbocycles. The number of hydrogen-bond acceptors (Lipinski definition) is 6. The molecule has 0 saturated carbocycles. The first kappa shape index (κ1) is 28.9. The second-order valence-electron chi connectivity index (χ2n) is 8.48. The number of carboxylic acid groups (broad SMARTS) is 2. The van der Waals surface area contributed by atoms with Crippen LogP contribution >= 0.6 is 0 Å². The van der Waals surface area contributed by atoms with Gasteiger partial charge in [0.15, 0.2) is 0 Å². The molecule has 14 heteroatoms. The third kappa shape index (κ3) is 9.33. The first-order valence-corrected chi connectivity index (χ1v) is 11.0. The molecule has 2 N–H and O–H groups in total. The number of aliphatic carboxylic acids is 2. The number of rotatable bonds is 3. The van der Waals surface area contributed by atoms with E-state index in [2.05, 4.69) is 15.9 Å². The number of carbonyl (C=O) groups is 2. The number of furan rings is 1. The van der Waals surface area contributed by atoms with Gasteiger partial charge in [-0.15, -0.1) is 0 Å². The summed E-state index contributed by atoms with van der Waals surface area (Å²) in [6, 6.07) is 2.69. The third-order valence-corrected chi connectivity index (χ3v) is 5.89. The molecule has 0 bridgehead atoms. The summed E-state index contributed by atoms with van der Waals surface area (Å²) in [5.41, 5.74) is 1.30. The van der Waals surface area contributed by atoms with Crippen LogP contribution in [0.4, 0.5) is 26.3 Å². The Kier molecular flexibility index (Phi) is 10.4. The van der Waals surface area contributed by atoms with Crippen LogP contribution in [0, 0.1) is 5.92 Å². The highest BCUT2D eigenvalue weighted by atomic mass is 19.4. The number of likely N-dealkylation sites (tertiary alicyclic amines) is 2. The van der Waals surface area contributed by atoms with Crippen molar-refractivity contribution in [2.24, 2.45) is 5.92 Å². The van der Waals surface area contributed by atoms with Crippen molar-refractivity contribution in [2.45, 2.75) is 56.7 Å². The summed E-state index contributed by atoms with van der Waals surface area (Å²) in [4.78, 5) is 23.1. The Morgan fingerprint density at radius 1 is 0.971 bits per heavy atom. The van der Waals surface area contributed by atoms with E-state index >= 15 is 0 Å². The smallest absolute Gasteiger partial charge is 0.475 e. The lowest BCUT2D eigenvalue weighted by Crippen LogP contribution is -2.60. The van der Waals surface area contributed by atoms with Gasteiger partial charge in [-0.2, -0.15) is 26.3 Å². The highest BCUT2D eigenvalue weighted by Crippen LogP contribution is 2.33. The number of nitrogens with zero attached hydrogens (tertiary/aromatic N) is 2. The largest absolute Gasteiger partial charge is 0.490 e. The van der Waals surface area contributed by atoms with Gasteiger partial charge in [-0.3, -0.25) is 9.80 Å². The average Bonchev–Trinajstić information content (AvgIpc) is 3.47. The van der Waals surface area contributed by atoms with Crippen molar-refractivity contribution >= 4 is 11.9 Å². The molecular formula is C21H28F6N2O6. The Balaban J connectivity index is 0.000000257. The molecule has 200 valence electrons. The molecule has 8 nitrogen and oxygen atoms in total. The lowest BCUT2D eigenvalue weighted by atomic mass is 9.84. The van der Waals surface area contributed by atoms with E-state index in [0.717, 1.165) is 19.7 Å². The van der Waals surface area contributed by atoms with Gasteiger partial charge in [0.1, 0.15) is 0 Å². The van der Waals surface area contributed by atoms with Crippen LogP contribution in [0.3, 0.4) is 0 Å². The maximum atomic E-state index is 10.6. The molecule has 1 aromatic heterocycles. The zero-order valence-corrected chi connectivity index (χ0v) is 18.7. The minimum atomic E-state index is -5.08. The minimum absolute atomic E-state index is 0.470. The number of fused-ring (bicyclic) bond motifs is 1. The zero-order chi connectivity index (χ0) is 26.2. The van der Waals surface area contributed by atoms with Crippen molar-refractivity contribution in [1.82, 2.24) is 9.80 Å². The number of hydrogen-bond donors (Lipinski definition) is 2. The standard InChI is InChI=1S/C17H26N2O2.2C2HF3O2/c1-2-7-19(6-1)16-12-18(10-14-5-9-20-13-14)11-15-4-3-8-21-17(15)16;2*3-2(4,5)1(6)7/h5,9,13,15-17H,1-4,6-8,10-12H2;2*(H,6,7)/t15-,16+,17-;;/m0../s1. The monoisotopic (exact) mass is 518 g/mol. The lowest BCUT2D eigenvalue weighted by molar-refractivity contribution is -0.193. The Hall–Kier alpha value is -2.32. The minimum Gasteiger partial charge on any atom is -0.475 e. The molecule has 1 aromatic rings. The third-order valence-electron chi connectivity index (χ3n) is 5.89. The van der Waals surface area contributed by atoms with Gasteiger partial charge in [0.25, 0.3) is 0 Å². The van der Waals surface area contributed by atoms with Crippen molar-refractivity contribution in [1.29, 1.82) is 0 Å². The lowest BCUT2D eigenvalue weighted by Gasteiger charge is -2.48. The number of halogens is 6. The summed E-state index contributed by atoms with van der Waals surface area (Å²) < 4.78 is 74.9. The molecule has 4 rings (SSSR count). The van der Waals surface area contributed by atoms with Gasteiger partial charge < -0.3 is 19.4 Å². The molecule has 3 saturated heterocycles. The first-order chi connectivity index (χ1) is 16.3. The SMILES string of the molecule is O=C(O)C(F)(F)F.O=C(O)C(F)(F)F.c1cc(CN2C[C@@H]3CCCO[C@@H]3[C@H](N3CCCC3)C2)co1. The van der Waals surface area contributed by atoms with Crippen LogP contribution in [0.25, 0.3) is 0 Å². The fraction of sp³-hybridized carbons (Fsp3) is 0.714. The van der Waals surface area contributed by atoms with E-state index in [1.165, 1.54) is 50.9 Å². The van der Waals surface area contributed by atoms with Crippen LogP contribution in [0.5, 0.6) is 0 Å². The molecule has 3 aliphatic heterocycles. The second-order valence-corrected chi connectivity index (χ2v) is 8.48. The summed E-state index contributed by atoms with van der Waals surface area (Å²) in [6.45, 7) is 6.83. The Morgan fingerprint density at radius 3 is 2.03 bits per heavy atom. The molecule has 35 heavy (non-hydrogen) atoms. The summed E-state index contributed by atoms with van der Waals surface area (Å²) in [7, 11) is 0. The van der Waals surface area contributed by atoms with Crippen molar-refractivity contribution < 1.29 is 55.3 Å². The van der Waals surface area contributed by atoms with Gasteiger partial charge in [0, 0.05) is 37.8 Å². The number of ether oxygens (including phenoxy) is 1. The summed E-state index contributed by atoms with van der Waals surface area (Å²) in [6.07, 6.45) is -0.759. The van der Waals surface area contributed by atoms with E-state index in [1.54, 1.807) is 6.26 Å². The van der Waals surface area contributed by atoms with Crippen LogP contribution in [-0.2, 0) is 20.9 Å². The Morgan fingerprint density at radius 2 is 1.54 bits per heavy atom. The van der Waals surface area contributed by atoms with E-state index in [-0.39, 0.29) is 0 Å². The number of piperidine rings is 1. The maximum Gasteiger partial charge on any atom is 0.490 e. The predicted molar refractivity (Wildman–Crippen MR) is 108 cm³/mol. The van der Waals surface area contributed by atoms with Gasteiger partial charge >= 0.3 is 24.3 Å². The van der Waals surface area contributed by atoms with Crippen LogP contribution < -0.4 is 0 Å². The number of alkyl halides is 6. The molecule has 4 heterocycles. The Bertz CT molecular complexity index is 771. The van der Waals surface area contributed by atoms with E-state index < -0.39 is 24.3 Å². The molecule has 0 spiro atoms. The first-order valence-electron chi connectivity index (χ1n) is 11.0. The Labute approximate surface area is 197 Å². The second kappa shape index (κ2) is 12.6. The van der Waals surface area contributed by atoms with Gasteiger partial charge in [-0.1, -0.05) is 0 Å². The van der Waals surface area contributed by atoms with Crippen LogP contribution in [0.1, 0.15) is 31.2 Å². The van der Waals surface area contributed by atoms with Gasteiger partial charge in [0.05, 0.1) is 18.6 Å². The maximum absolute atomic E-state index is 10.6. The molecule has 0 aliphatic carbocycles. The summed E-state index contributed by atoms with van der Waals surface area (Å²) in [5.74, 6) is -4.80. The van der Waals surface area contributed by atoms with Gasteiger partial charge in [-0.25, -0.2) is 9.59 Å². The highest BCUT2D eigenvalue weighted by molar-refractivity contribution is 5.73. The normalized spacial score (nSPS) is 25.5. The molecule has 0 unspecified atom stereocenters. The molecular weight excluding hydrogens is 490 g/mol. The molecule has 0 amide bonds. The number of carboxylic acids is 2. The fourth-order valence-electron chi connectivity index (χ4n) is 4.43. The van der Waals surface area contributed by atoms with Crippen molar-refractivity contribution in [3.63, 3.8) is 0 Å². The predicted octanol–water partition coefficient (Wildman–Crippen LogP) is 3.62. The average molecular weight is 518 g/mol. The van der Waals surface area contributed by atoms with Crippen LogP contribution in [0.2, 0.25) is 0 Å². The summed E-state index contributed by atoms with van der Waals surface area (Å²) >= 11 is 0. The van der Waals surface area contributed by atoms with Crippen LogP contribution in [0.15, 0.2) is 23.0 Å². The quantitative estimate of drug-likeness (QED) is 0.585. The molecule has 3 aliphatic rings. The van der Waals surface area contributed by atoms with Gasteiger partial charge in [-0.05, 0) is 50.8 Å². The molecule has 3 fully saturated rings. The van der Waals surface area contributed by atoms with E-state index in [9.17, 15) is 26.3 Å². The summed E-state index contributed by atoms with van der Waals surface area (Å²) in [5, 5.41) is 14.2. The topological polar surface area (TPSA) is 103 Å². The van der Waals surface area contributed by atoms with E-state index in [1.807, 2.05) is 6.26 Å². The fourth-order valence-corrected chi connectivity index (χ4v) is 4.43. The van der Waals surface area contributed by atoms with Crippen molar-refractivity contribution in [3.8, 4) is 0 Å². The van der Waals surface area contributed by atoms with Crippen molar-refractivity contribution in [3.05, 3.63) is 24.2 Å². The van der Waals surface area contributed by atoms with Crippen LogP contribution in [-0.4, -0.2) is 89.2 Å². The zero-order valence-electron chi connectivity index (χ0n) is 18.7. The highest BCUT2D eigenvalue weighted by Gasteiger charge is 2.42. The van der Waals surface area contributed by atoms with E-state index in [0.29, 0.717) is 18.1 Å². The van der Waals surface area contributed by atoms with Crippen molar-refractivity contribution in [2.75, 3.05) is 32.8 Å². The van der Waals surface area contributed by atoms with E-state index in [4.69, 9.17) is 29.0 Å². The van der Waals surface area contributed by atoms with Gasteiger partial charge in [0.2, 0.25) is 0 Å². The molecule has 0 radical (unpaired) electrons. The molecule has 3 atom stereocenters.